The number of carbonyl (C=O) groups excluding carboxylic acids is 1. The third kappa shape index (κ3) is 3.76. The first kappa shape index (κ1) is 20.0. The summed E-state index contributed by atoms with van der Waals surface area (Å²) < 4.78 is 6.46. The largest absolute Gasteiger partial charge is 0.506 e. The maximum atomic E-state index is 13.0. The fraction of sp³-hybridized carbons (Fsp3) is 0.238. The number of ether oxygens (including phenoxy) is 1. The Morgan fingerprint density at radius 2 is 1.93 bits per heavy atom. The number of rotatable bonds is 6. The number of anilines is 1. The molecule has 0 aliphatic heterocycles. The monoisotopic (exact) mass is 398 g/mol. The van der Waals surface area contributed by atoms with Crippen LogP contribution >= 0.6 is 11.8 Å². The number of hydrogen-bond acceptors (Lipinski definition) is 5. The second-order valence-corrected chi connectivity index (χ2v) is 7.48. The molecule has 146 valence electrons. The van der Waals surface area contributed by atoms with E-state index in [1.54, 1.807) is 69.4 Å². The molecule has 0 radical (unpaired) electrons. The number of nitrogens with zero attached hydrogens (tertiary/aromatic N) is 2. The molecule has 3 aromatic rings. The summed E-state index contributed by atoms with van der Waals surface area (Å²) in [4.78, 5) is 28.1. The summed E-state index contributed by atoms with van der Waals surface area (Å²) in [6.45, 7) is 0.605. The van der Waals surface area contributed by atoms with Gasteiger partial charge in [-0.15, -0.1) is 11.8 Å². The van der Waals surface area contributed by atoms with Crippen molar-refractivity contribution in [1.82, 2.24) is 4.57 Å². The molecule has 0 bridgehead atoms. The highest BCUT2D eigenvalue weighted by Gasteiger charge is 2.24. The van der Waals surface area contributed by atoms with Crippen LogP contribution in [0.3, 0.4) is 0 Å². The van der Waals surface area contributed by atoms with E-state index in [1.165, 1.54) is 9.47 Å². The zero-order chi connectivity index (χ0) is 20.3. The fourth-order valence-corrected chi connectivity index (χ4v) is 3.82. The highest BCUT2D eigenvalue weighted by Crippen LogP contribution is 2.31. The van der Waals surface area contributed by atoms with Crippen LogP contribution in [-0.4, -0.2) is 42.1 Å². The number of aryl methyl sites for hydroxylation is 1. The normalized spacial score (nSPS) is 11.0. The van der Waals surface area contributed by atoms with Crippen LogP contribution in [0.15, 0.2) is 58.2 Å². The number of fused-ring (bicyclic) bond motifs is 1. The minimum Gasteiger partial charge on any atom is -0.506 e. The van der Waals surface area contributed by atoms with Gasteiger partial charge in [0.1, 0.15) is 11.3 Å². The van der Waals surface area contributed by atoms with Crippen LogP contribution in [-0.2, 0) is 11.8 Å². The number of benzene rings is 2. The first-order valence-electron chi connectivity index (χ1n) is 8.76. The van der Waals surface area contributed by atoms with Gasteiger partial charge in [-0.25, -0.2) is 0 Å². The molecule has 1 aromatic heterocycles. The molecule has 1 heterocycles. The number of hydrogen-bond donors (Lipinski definition) is 1. The van der Waals surface area contributed by atoms with E-state index in [9.17, 15) is 14.7 Å². The van der Waals surface area contributed by atoms with Crippen LogP contribution in [0.2, 0.25) is 0 Å². The molecular weight excluding hydrogens is 376 g/mol. The van der Waals surface area contributed by atoms with E-state index in [2.05, 4.69) is 0 Å². The Morgan fingerprint density at radius 1 is 1.21 bits per heavy atom. The van der Waals surface area contributed by atoms with Gasteiger partial charge in [-0.05, 0) is 30.3 Å². The van der Waals surface area contributed by atoms with Crippen molar-refractivity contribution in [3.63, 3.8) is 0 Å². The van der Waals surface area contributed by atoms with Gasteiger partial charge in [-0.1, -0.05) is 18.2 Å². The smallest absolute Gasteiger partial charge is 0.267 e. The molecule has 0 aliphatic rings. The third-order valence-electron chi connectivity index (χ3n) is 4.56. The van der Waals surface area contributed by atoms with Crippen LogP contribution in [0.1, 0.15) is 10.4 Å². The molecule has 0 aliphatic carbocycles. The van der Waals surface area contributed by atoms with Crippen LogP contribution < -0.4 is 10.5 Å². The summed E-state index contributed by atoms with van der Waals surface area (Å²) in [5, 5.41) is 11.3. The molecule has 7 heteroatoms. The van der Waals surface area contributed by atoms with Gasteiger partial charge < -0.3 is 19.3 Å². The van der Waals surface area contributed by atoms with Crippen LogP contribution in [0.5, 0.6) is 5.75 Å². The van der Waals surface area contributed by atoms with Gasteiger partial charge in [0.25, 0.3) is 11.5 Å². The van der Waals surface area contributed by atoms with Gasteiger partial charge in [0.15, 0.2) is 0 Å². The van der Waals surface area contributed by atoms with Gasteiger partial charge in [-0.2, -0.15) is 0 Å². The Hall–Kier alpha value is -2.77. The van der Waals surface area contributed by atoms with E-state index in [4.69, 9.17) is 4.74 Å². The second kappa shape index (κ2) is 8.50. The second-order valence-electron chi connectivity index (χ2n) is 6.31. The van der Waals surface area contributed by atoms with Gasteiger partial charge in [0.2, 0.25) is 0 Å². The number of aromatic hydroxyl groups is 1. The molecule has 0 spiro atoms. The van der Waals surface area contributed by atoms with Gasteiger partial charge in [0, 0.05) is 42.9 Å². The number of methoxy groups -OCH3 is 1. The van der Waals surface area contributed by atoms with Crippen LogP contribution in [0.25, 0.3) is 10.9 Å². The summed E-state index contributed by atoms with van der Waals surface area (Å²) >= 11 is 1.58. The van der Waals surface area contributed by atoms with E-state index in [-0.39, 0.29) is 11.3 Å². The molecule has 6 nitrogen and oxygen atoms in total. The van der Waals surface area contributed by atoms with Gasteiger partial charge in [-0.3, -0.25) is 9.59 Å². The zero-order valence-corrected chi connectivity index (χ0v) is 16.8. The highest BCUT2D eigenvalue weighted by atomic mass is 32.2. The number of amides is 1. The Balaban J connectivity index is 2.09. The Labute approximate surface area is 167 Å². The Morgan fingerprint density at radius 3 is 2.61 bits per heavy atom. The summed E-state index contributed by atoms with van der Waals surface area (Å²) in [6, 6.07) is 14.5. The predicted molar refractivity (Wildman–Crippen MR) is 113 cm³/mol. The first-order chi connectivity index (χ1) is 13.5. The zero-order valence-electron chi connectivity index (χ0n) is 16.0. The van der Waals surface area contributed by atoms with E-state index in [1.807, 2.05) is 12.1 Å². The van der Waals surface area contributed by atoms with E-state index in [0.29, 0.717) is 23.2 Å². The highest BCUT2D eigenvalue weighted by molar-refractivity contribution is 7.99. The topological polar surface area (TPSA) is 71.8 Å². The lowest BCUT2D eigenvalue weighted by Crippen LogP contribution is -2.34. The summed E-state index contributed by atoms with van der Waals surface area (Å²) in [6.07, 6.45) is 0. The SMILES string of the molecule is COCCSc1ccc2c(c1)c(O)c(C(=O)N(C)c1ccccc1)c(=O)n2C. The summed E-state index contributed by atoms with van der Waals surface area (Å²) in [7, 11) is 4.82. The standard InChI is InChI=1S/C21H22N2O4S/c1-22(14-7-5-4-6-8-14)20(25)18-19(24)16-13-15(28-12-11-27-3)9-10-17(16)23(2)21(18)26/h4-10,13,24H,11-12H2,1-3H3. The molecule has 2 aromatic carbocycles. The molecule has 0 atom stereocenters. The lowest BCUT2D eigenvalue weighted by Gasteiger charge is -2.19. The van der Waals surface area contributed by atoms with Crippen molar-refractivity contribution >= 4 is 34.3 Å². The van der Waals surface area contributed by atoms with Crippen molar-refractivity contribution in [2.24, 2.45) is 7.05 Å². The van der Waals surface area contributed by atoms with Gasteiger partial charge in [0.05, 0.1) is 12.1 Å². The maximum absolute atomic E-state index is 13.0. The molecule has 0 fully saturated rings. The molecule has 0 unspecified atom stereocenters. The van der Waals surface area contributed by atoms with Crippen molar-refractivity contribution in [3.8, 4) is 5.75 Å². The Kier molecular flexibility index (Phi) is 6.06. The van der Waals surface area contributed by atoms with Crippen molar-refractivity contribution in [2.75, 3.05) is 31.4 Å². The van der Waals surface area contributed by atoms with Crippen molar-refractivity contribution in [3.05, 3.63) is 64.4 Å². The molecule has 3 rings (SSSR count). The number of para-hydroxylation sites is 1. The van der Waals surface area contributed by atoms with Crippen molar-refractivity contribution in [2.45, 2.75) is 4.90 Å². The lowest BCUT2D eigenvalue weighted by atomic mass is 10.1. The number of thioether (sulfide) groups is 1. The Bertz CT molecular complexity index is 1060. The fourth-order valence-electron chi connectivity index (χ4n) is 2.97. The average Bonchev–Trinajstić information content (AvgIpc) is 2.72. The number of pyridine rings is 1. The van der Waals surface area contributed by atoms with Crippen LogP contribution in [0, 0.1) is 0 Å². The quantitative estimate of drug-likeness (QED) is 0.510. The minimum atomic E-state index is -0.552. The van der Waals surface area contributed by atoms with Crippen LogP contribution in [0.4, 0.5) is 5.69 Å². The summed E-state index contributed by atoms with van der Waals surface area (Å²) in [5.41, 5.74) is 0.438. The molecule has 28 heavy (non-hydrogen) atoms. The molecule has 1 amide bonds. The first-order valence-corrected chi connectivity index (χ1v) is 9.74. The summed E-state index contributed by atoms with van der Waals surface area (Å²) in [5.74, 6) is -0.0828. The number of carbonyl (C=O) groups is 1. The molecular formula is C21H22N2O4S. The van der Waals surface area contributed by atoms with Gasteiger partial charge >= 0.3 is 0 Å². The van der Waals surface area contributed by atoms with E-state index >= 15 is 0 Å². The lowest BCUT2D eigenvalue weighted by molar-refractivity contribution is 0.0988. The third-order valence-corrected chi connectivity index (χ3v) is 5.52. The predicted octanol–water partition coefficient (Wildman–Crippen LogP) is 3.26. The van der Waals surface area contributed by atoms with E-state index in [0.717, 1.165) is 10.6 Å². The number of aromatic nitrogens is 1. The molecule has 1 N–H and O–H groups in total. The average molecular weight is 398 g/mol. The van der Waals surface area contributed by atoms with Crippen molar-refractivity contribution < 1.29 is 14.6 Å². The molecule has 0 saturated heterocycles. The minimum absolute atomic E-state index is 0.236. The van der Waals surface area contributed by atoms with Crippen molar-refractivity contribution in [1.29, 1.82) is 0 Å². The molecule has 0 saturated carbocycles. The van der Waals surface area contributed by atoms with E-state index < -0.39 is 11.5 Å². The maximum Gasteiger partial charge on any atom is 0.267 e.